The first-order valence-corrected chi connectivity index (χ1v) is 6.44. The van der Waals surface area contributed by atoms with E-state index in [1.54, 1.807) is 12.2 Å². The maximum Gasteiger partial charge on any atom is 0.222 e. The third kappa shape index (κ3) is 2.67. The van der Waals surface area contributed by atoms with Gasteiger partial charge in [0.2, 0.25) is 11.0 Å². The molecule has 0 unspecified atom stereocenters. The number of hydrogen-bond acceptors (Lipinski definition) is 4. The Balaban J connectivity index is 3.25. The first-order chi connectivity index (χ1) is 8.36. The van der Waals surface area contributed by atoms with E-state index in [0.717, 1.165) is 17.3 Å². The van der Waals surface area contributed by atoms with Crippen molar-refractivity contribution in [2.24, 2.45) is 5.73 Å². The molecule has 1 aliphatic heterocycles. The van der Waals surface area contributed by atoms with Gasteiger partial charge in [-0.2, -0.15) is 0 Å². The first kappa shape index (κ1) is 14.6. The van der Waals surface area contributed by atoms with Crippen molar-refractivity contribution in [2.45, 2.75) is 31.4 Å². The Morgan fingerprint density at radius 1 is 1.61 bits per heavy atom. The molecule has 4 nitrogen and oxygen atoms in total. The van der Waals surface area contributed by atoms with Crippen molar-refractivity contribution in [3.05, 3.63) is 35.6 Å². The second-order valence-electron chi connectivity index (χ2n) is 4.20. The monoisotopic (exact) mass is 267 g/mol. The van der Waals surface area contributed by atoms with Crippen molar-refractivity contribution < 1.29 is 14.7 Å². The van der Waals surface area contributed by atoms with Gasteiger partial charge in [-0.15, -0.1) is 0 Å². The van der Waals surface area contributed by atoms with E-state index < -0.39 is 10.7 Å². The number of hydrogen-bond donors (Lipinski definition) is 2. The lowest BCUT2D eigenvalue weighted by atomic mass is 9.96. The van der Waals surface area contributed by atoms with E-state index in [0.29, 0.717) is 6.42 Å². The molecule has 0 bridgehead atoms. The van der Waals surface area contributed by atoms with Crippen molar-refractivity contribution in [3.63, 3.8) is 0 Å². The second-order valence-corrected chi connectivity index (χ2v) is 5.50. The van der Waals surface area contributed by atoms with Crippen LogP contribution < -0.4 is 5.73 Å². The fraction of sp³-hybridized carbons (Fsp3) is 0.385. The van der Waals surface area contributed by atoms with Crippen molar-refractivity contribution in [3.8, 4) is 0 Å². The van der Waals surface area contributed by atoms with Crippen LogP contribution in [0.15, 0.2) is 35.6 Å². The SMILES string of the molecule is C=C/C(C)=C/[C@]1(CC)SC(=O)C(CC(N)=O)=C1O. The summed E-state index contributed by atoms with van der Waals surface area (Å²) in [5.41, 5.74) is 6.06. The van der Waals surface area contributed by atoms with E-state index in [-0.39, 0.29) is 22.9 Å². The zero-order chi connectivity index (χ0) is 13.9. The van der Waals surface area contributed by atoms with Gasteiger partial charge < -0.3 is 10.8 Å². The molecule has 1 atom stereocenters. The molecule has 5 heteroatoms. The van der Waals surface area contributed by atoms with Crippen LogP contribution in [0, 0.1) is 0 Å². The van der Waals surface area contributed by atoms with Crippen LogP contribution in [-0.2, 0) is 9.59 Å². The van der Waals surface area contributed by atoms with E-state index in [4.69, 9.17) is 5.73 Å². The summed E-state index contributed by atoms with van der Waals surface area (Å²) in [7, 11) is 0. The summed E-state index contributed by atoms with van der Waals surface area (Å²) < 4.78 is -0.792. The topological polar surface area (TPSA) is 80.4 Å². The molecule has 1 amide bonds. The predicted molar refractivity (Wildman–Crippen MR) is 73.0 cm³/mol. The van der Waals surface area contributed by atoms with E-state index >= 15 is 0 Å². The van der Waals surface area contributed by atoms with Gasteiger partial charge >= 0.3 is 0 Å². The molecule has 3 N–H and O–H groups in total. The first-order valence-electron chi connectivity index (χ1n) is 5.62. The van der Waals surface area contributed by atoms with E-state index in [9.17, 15) is 14.7 Å². The minimum atomic E-state index is -0.792. The number of thioether (sulfide) groups is 1. The van der Waals surface area contributed by atoms with E-state index in [2.05, 4.69) is 6.58 Å². The van der Waals surface area contributed by atoms with Crippen LogP contribution in [0.25, 0.3) is 0 Å². The number of nitrogens with two attached hydrogens (primary N) is 1. The number of carbonyl (C=O) groups excluding carboxylic acids is 2. The molecular formula is C13H17NO3S. The lowest BCUT2D eigenvalue weighted by Crippen LogP contribution is -2.22. The minimum absolute atomic E-state index is 0.0556. The molecule has 1 rings (SSSR count). The maximum atomic E-state index is 11.8. The Morgan fingerprint density at radius 2 is 2.22 bits per heavy atom. The van der Waals surface area contributed by atoms with Crippen LogP contribution in [-0.4, -0.2) is 20.9 Å². The zero-order valence-electron chi connectivity index (χ0n) is 10.5. The summed E-state index contributed by atoms with van der Waals surface area (Å²) in [6.45, 7) is 7.36. The highest BCUT2D eigenvalue weighted by molar-refractivity contribution is 8.16. The Bertz CT molecular complexity index is 465. The molecule has 0 spiro atoms. The molecule has 0 saturated heterocycles. The number of primary amides is 1. The van der Waals surface area contributed by atoms with Crippen LogP contribution in [0.5, 0.6) is 0 Å². The third-order valence-electron chi connectivity index (χ3n) is 2.87. The maximum absolute atomic E-state index is 11.8. The van der Waals surface area contributed by atoms with Gasteiger partial charge in [-0.05, 0) is 13.3 Å². The molecule has 18 heavy (non-hydrogen) atoms. The molecule has 0 radical (unpaired) electrons. The van der Waals surface area contributed by atoms with Crippen molar-refractivity contribution in [1.82, 2.24) is 0 Å². The van der Waals surface area contributed by atoms with Crippen LogP contribution >= 0.6 is 11.8 Å². The Labute approximate surface area is 111 Å². The second kappa shape index (κ2) is 5.44. The lowest BCUT2D eigenvalue weighted by Gasteiger charge is -2.22. The molecule has 0 saturated carbocycles. The molecule has 0 aromatic heterocycles. The Hall–Kier alpha value is -1.49. The fourth-order valence-electron chi connectivity index (χ4n) is 1.82. The number of rotatable bonds is 5. The fourth-order valence-corrected chi connectivity index (χ4v) is 3.06. The van der Waals surface area contributed by atoms with E-state index in [1.807, 2.05) is 13.8 Å². The molecule has 98 valence electrons. The number of allylic oxidation sites excluding steroid dienone is 2. The summed E-state index contributed by atoms with van der Waals surface area (Å²) in [4.78, 5) is 22.8. The summed E-state index contributed by atoms with van der Waals surface area (Å²) in [5.74, 6) is -0.679. The van der Waals surface area contributed by atoms with E-state index in [1.165, 1.54) is 0 Å². The van der Waals surface area contributed by atoms with Crippen LogP contribution in [0.1, 0.15) is 26.7 Å². The van der Waals surface area contributed by atoms with Gasteiger partial charge in [-0.1, -0.05) is 43.0 Å². The van der Waals surface area contributed by atoms with Gasteiger partial charge in [-0.25, -0.2) is 0 Å². The number of aliphatic hydroxyl groups is 1. The molecule has 0 aromatic rings. The summed E-state index contributed by atoms with van der Waals surface area (Å²) in [6.07, 6.45) is 3.77. The average Bonchev–Trinajstić information content (AvgIpc) is 2.53. The molecule has 0 aromatic carbocycles. The zero-order valence-corrected chi connectivity index (χ0v) is 11.3. The van der Waals surface area contributed by atoms with Gasteiger partial charge in [-0.3, -0.25) is 9.59 Å². The summed E-state index contributed by atoms with van der Waals surface area (Å²) in [6, 6.07) is 0. The Kier molecular flexibility index (Phi) is 4.40. The van der Waals surface area contributed by atoms with Gasteiger partial charge in [0, 0.05) is 0 Å². The lowest BCUT2D eigenvalue weighted by molar-refractivity contribution is -0.118. The van der Waals surface area contributed by atoms with Gasteiger partial charge in [0.25, 0.3) is 0 Å². The smallest absolute Gasteiger partial charge is 0.222 e. The number of carbonyl (C=O) groups is 2. The number of amides is 1. The van der Waals surface area contributed by atoms with Gasteiger partial charge in [0.1, 0.15) is 5.76 Å². The Morgan fingerprint density at radius 3 is 2.67 bits per heavy atom. The highest BCUT2D eigenvalue weighted by Gasteiger charge is 2.44. The largest absolute Gasteiger partial charge is 0.510 e. The summed E-state index contributed by atoms with van der Waals surface area (Å²) >= 11 is 1.02. The third-order valence-corrected chi connectivity index (χ3v) is 4.26. The number of aliphatic hydroxyl groups excluding tert-OH is 1. The van der Waals surface area contributed by atoms with Gasteiger partial charge in [0.15, 0.2) is 0 Å². The molecule has 1 heterocycles. The van der Waals surface area contributed by atoms with Crippen LogP contribution in [0.3, 0.4) is 0 Å². The summed E-state index contributed by atoms with van der Waals surface area (Å²) in [5, 5.41) is 9.92. The molecule has 0 aliphatic carbocycles. The highest BCUT2D eigenvalue weighted by Crippen LogP contribution is 2.47. The van der Waals surface area contributed by atoms with Crippen molar-refractivity contribution in [1.29, 1.82) is 0 Å². The standard InChI is InChI=1S/C13H17NO3S/c1-4-8(3)7-13(5-2)11(16)9(6-10(14)15)12(17)18-13/h4,7,16H,1,5-6H2,2-3H3,(H2,14,15)/b8-7+/t13-/m0/s1. The quantitative estimate of drug-likeness (QED) is 0.748. The highest BCUT2D eigenvalue weighted by atomic mass is 32.2. The van der Waals surface area contributed by atoms with Crippen molar-refractivity contribution in [2.75, 3.05) is 0 Å². The van der Waals surface area contributed by atoms with Crippen LogP contribution in [0.4, 0.5) is 0 Å². The van der Waals surface area contributed by atoms with Crippen LogP contribution in [0.2, 0.25) is 0 Å². The molecular weight excluding hydrogens is 250 g/mol. The average molecular weight is 267 g/mol. The van der Waals surface area contributed by atoms with Gasteiger partial charge in [0.05, 0.1) is 16.7 Å². The predicted octanol–water partition coefficient (Wildman–Crippen LogP) is 2.23. The molecule has 0 fully saturated rings. The molecule has 1 aliphatic rings. The normalized spacial score (nSPS) is 24.6. The van der Waals surface area contributed by atoms with Crippen molar-refractivity contribution >= 4 is 22.8 Å². The minimum Gasteiger partial charge on any atom is -0.510 e.